The Balaban J connectivity index is 1.30. The van der Waals surface area contributed by atoms with E-state index in [9.17, 15) is 17.6 Å². The van der Waals surface area contributed by atoms with Crippen LogP contribution in [0.2, 0.25) is 0 Å². The smallest absolute Gasteiger partial charge is 0.240 e. The molecule has 2 aromatic carbocycles. The monoisotopic (exact) mass is 511 g/mol. The van der Waals surface area contributed by atoms with E-state index in [2.05, 4.69) is 15.0 Å². The molecule has 1 aliphatic rings. The summed E-state index contributed by atoms with van der Waals surface area (Å²) in [6.07, 6.45) is 4.03. The minimum absolute atomic E-state index is 0.0586. The average Bonchev–Trinajstić information content (AvgIpc) is 2.89. The second kappa shape index (κ2) is 11.2. The maximum Gasteiger partial charge on any atom is 0.240 e. The van der Waals surface area contributed by atoms with Gasteiger partial charge in [-0.2, -0.15) is 0 Å². The van der Waals surface area contributed by atoms with Crippen LogP contribution in [0.1, 0.15) is 44.2 Å². The fourth-order valence-corrected chi connectivity index (χ4v) is 5.73. The lowest BCUT2D eigenvalue weighted by molar-refractivity contribution is -0.126. The first-order chi connectivity index (χ1) is 17.2. The van der Waals surface area contributed by atoms with Crippen LogP contribution in [0.4, 0.5) is 4.39 Å². The first kappa shape index (κ1) is 25.8. The molecule has 0 spiro atoms. The van der Waals surface area contributed by atoms with Crippen molar-refractivity contribution in [2.24, 2.45) is 5.92 Å². The highest BCUT2D eigenvalue weighted by Gasteiger charge is 2.29. The summed E-state index contributed by atoms with van der Waals surface area (Å²) in [6, 6.07) is 15.9. The van der Waals surface area contributed by atoms with Crippen LogP contribution in [0.5, 0.6) is 5.88 Å². The molecular weight excluding hydrogens is 481 g/mol. The quantitative estimate of drug-likeness (QED) is 0.460. The van der Waals surface area contributed by atoms with Gasteiger partial charge in [-0.05, 0) is 74.1 Å². The fraction of sp³-hybridized carbons (Fsp3) is 0.333. The molecule has 36 heavy (non-hydrogen) atoms. The van der Waals surface area contributed by atoms with E-state index in [1.54, 1.807) is 55.8 Å². The Morgan fingerprint density at radius 3 is 2.19 bits per heavy atom. The average molecular weight is 512 g/mol. The number of benzene rings is 2. The predicted octanol–water partition coefficient (Wildman–Crippen LogP) is 4.61. The standard InChI is InChI=1S/C27H30FN3O4S/c1-18(19-3-10-23(28)11-4-19)30-27(32)21-5-12-24(13-6-21)31-36(33,34)25-14-7-20(8-15-25)22-9-16-26(35-2)29-17-22/h3-4,7-11,14-18,21,24,31H,5-6,12-13H2,1-2H3,(H,30,32)/t18-,21?,24?/m1/s1. The van der Waals surface area contributed by atoms with Crippen molar-refractivity contribution >= 4 is 15.9 Å². The molecular formula is C27H30FN3O4S. The first-order valence-electron chi connectivity index (χ1n) is 11.9. The SMILES string of the molecule is COc1ccc(-c2ccc(S(=O)(=O)NC3CCC(C(=O)N[C@H](C)c4ccc(F)cc4)CC3)cc2)cn1. The van der Waals surface area contributed by atoms with E-state index in [0.29, 0.717) is 31.6 Å². The zero-order chi connectivity index (χ0) is 25.7. The summed E-state index contributed by atoms with van der Waals surface area (Å²) in [5.74, 6) is -0.0388. The molecule has 0 bridgehead atoms. The lowest BCUT2D eigenvalue weighted by atomic mass is 9.85. The van der Waals surface area contributed by atoms with Gasteiger partial charge in [0.2, 0.25) is 21.8 Å². The van der Waals surface area contributed by atoms with E-state index in [1.807, 2.05) is 13.0 Å². The Labute approximate surface area is 211 Å². The number of rotatable bonds is 8. The molecule has 7 nitrogen and oxygen atoms in total. The topological polar surface area (TPSA) is 97.4 Å². The van der Waals surface area contributed by atoms with Crippen molar-refractivity contribution in [2.45, 2.75) is 49.6 Å². The Kier molecular flexibility index (Phi) is 8.01. The molecule has 3 aromatic rings. The zero-order valence-electron chi connectivity index (χ0n) is 20.3. The van der Waals surface area contributed by atoms with Gasteiger partial charge in [0.05, 0.1) is 18.0 Å². The number of hydrogen-bond acceptors (Lipinski definition) is 5. The van der Waals surface area contributed by atoms with E-state index in [1.165, 1.54) is 12.1 Å². The molecule has 4 rings (SSSR count). The van der Waals surface area contributed by atoms with Crippen molar-refractivity contribution in [1.82, 2.24) is 15.0 Å². The molecule has 0 saturated heterocycles. The third-order valence-corrected chi connectivity index (χ3v) is 8.13. The Bertz CT molecular complexity index is 1270. The zero-order valence-corrected chi connectivity index (χ0v) is 21.1. The maximum atomic E-state index is 13.1. The highest BCUT2D eigenvalue weighted by Crippen LogP contribution is 2.27. The summed E-state index contributed by atoms with van der Waals surface area (Å²) in [7, 11) is -2.13. The third-order valence-electron chi connectivity index (χ3n) is 6.59. The molecule has 1 fully saturated rings. The minimum atomic E-state index is -3.68. The van der Waals surface area contributed by atoms with Crippen LogP contribution in [0.3, 0.4) is 0 Å². The molecule has 1 aliphatic carbocycles. The number of aromatic nitrogens is 1. The molecule has 9 heteroatoms. The molecule has 0 radical (unpaired) electrons. The normalized spacial score (nSPS) is 18.9. The molecule has 0 aliphatic heterocycles. The van der Waals surface area contributed by atoms with Crippen molar-refractivity contribution in [2.75, 3.05) is 7.11 Å². The molecule has 1 saturated carbocycles. The highest BCUT2D eigenvalue weighted by atomic mass is 32.2. The molecule has 1 atom stereocenters. The van der Waals surface area contributed by atoms with Gasteiger partial charge < -0.3 is 10.1 Å². The van der Waals surface area contributed by atoms with Gasteiger partial charge in [0, 0.05) is 29.8 Å². The van der Waals surface area contributed by atoms with Gasteiger partial charge in [0.15, 0.2) is 0 Å². The number of carbonyl (C=O) groups excluding carboxylic acids is 1. The largest absolute Gasteiger partial charge is 0.481 e. The highest BCUT2D eigenvalue weighted by molar-refractivity contribution is 7.89. The van der Waals surface area contributed by atoms with Crippen molar-refractivity contribution in [3.63, 3.8) is 0 Å². The first-order valence-corrected chi connectivity index (χ1v) is 13.4. The number of carbonyl (C=O) groups is 1. The van der Waals surface area contributed by atoms with Crippen LogP contribution in [-0.2, 0) is 14.8 Å². The van der Waals surface area contributed by atoms with Gasteiger partial charge in [-0.3, -0.25) is 4.79 Å². The van der Waals surface area contributed by atoms with Gasteiger partial charge in [-0.15, -0.1) is 0 Å². The molecule has 1 aromatic heterocycles. The van der Waals surface area contributed by atoms with Gasteiger partial charge in [-0.25, -0.2) is 22.5 Å². The lowest BCUT2D eigenvalue weighted by Gasteiger charge is -2.29. The number of ether oxygens (including phenoxy) is 1. The molecule has 190 valence electrons. The number of methoxy groups -OCH3 is 1. The number of sulfonamides is 1. The Morgan fingerprint density at radius 1 is 0.972 bits per heavy atom. The third kappa shape index (κ3) is 6.27. The van der Waals surface area contributed by atoms with Crippen molar-refractivity contribution in [3.05, 3.63) is 78.2 Å². The Morgan fingerprint density at radius 2 is 1.61 bits per heavy atom. The van der Waals surface area contributed by atoms with E-state index >= 15 is 0 Å². The van der Waals surface area contributed by atoms with Gasteiger partial charge >= 0.3 is 0 Å². The van der Waals surface area contributed by atoms with Gasteiger partial charge in [0.25, 0.3) is 0 Å². The van der Waals surface area contributed by atoms with Crippen LogP contribution in [0.25, 0.3) is 11.1 Å². The lowest BCUT2D eigenvalue weighted by Crippen LogP contribution is -2.41. The van der Waals surface area contributed by atoms with E-state index in [-0.39, 0.29) is 34.6 Å². The van der Waals surface area contributed by atoms with Crippen molar-refractivity contribution < 1.29 is 22.3 Å². The van der Waals surface area contributed by atoms with Crippen LogP contribution in [0, 0.1) is 11.7 Å². The predicted molar refractivity (Wildman–Crippen MR) is 135 cm³/mol. The van der Waals surface area contributed by atoms with Crippen molar-refractivity contribution in [3.8, 4) is 17.0 Å². The number of pyridine rings is 1. The number of nitrogens with one attached hydrogen (secondary N) is 2. The van der Waals surface area contributed by atoms with Crippen LogP contribution in [-0.4, -0.2) is 32.5 Å². The van der Waals surface area contributed by atoms with E-state index in [4.69, 9.17) is 4.74 Å². The number of nitrogens with zero attached hydrogens (tertiary/aromatic N) is 1. The van der Waals surface area contributed by atoms with Crippen LogP contribution < -0.4 is 14.8 Å². The maximum absolute atomic E-state index is 13.1. The summed E-state index contributed by atoms with van der Waals surface area (Å²) in [5.41, 5.74) is 2.55. The number of halogens is 1. The van der Waals surface area contributed by atoms with Gasteiger partial charge in [-0.1, -0.05) is 24.3 Å². The fourth-order valence-electron chi connectivity index (χ4n) is 4.43. The van der Waals surface area contributed by atoms with Crippen LogP contribution in [0.15, 0.2) is 71.8 Å². The number of amides is 1. The summed E-state index contributed by atoms with van der Waals surface area (Å²) in [4.78, 5) is 17.1. The second-order valence-electron chi connectivity index (χ2n) is 9.07. The van der Waals surface area contributed by atoms with E-state index in [0.717, 1.165) is 16.7 Å². The number of hydrogen-bond donors (Lipinski definition) is 2. The minimum Gasteiger partial charge on any atom is -0.481 e. The molecule has 1 amide bonds. The van der Waals surface area contributed by atoms with E-state index < -0.39 is 10.0 Å². The molecule has 2 N–H and O–H groups in total. The molecule has 1 heterocycles. The van der Waals surface area contributed by atoms with Crippen LogP contribution >= 0.6 is 0 Å². The van der Waals surface area contributed by atoms with Gasteiger partial charge in [0.1, 0.15) is 5.82 Å². The summed E-state index contributed by atoms with van der Waals surface area (Å²) >= 11 is 0. The molecule has 0 unspecified atom stereocenters. The van der Waals surface area contributed by atoms with Crippen molar-refractivity contribution in [1.29, 1.82) is 0 Å². The Hall–Kier alpha value is -3.30. The second-order valence-corrected chi connectivity index (χ2v) is 10.8. The summed E-state index contributed by atoms with van der Waals surface area (Å²) in [6.45, 7) is 1.86. The summed E-state index contributed by atoms with van der Waals surface area (Å²) < 4.78 is 46.9. The summed E-state index contributed by atoms with van der Waals surface area (Å²) in [5, 5.41) is 2.99.